The zero-order valence-electron chi connectivity index (χ0n) is 17.1. The van der Waals surface area contributed by atoms with Crippen LogP contribution in [0.5, 0.6) is 5.75 Å². The van der Waals surface area contributed by atoms with Gasteiger partial charge in [-0.3, -0.25) is 0 Å². The number of halogens is 1. The van der Waals surface area contributed by atoms with Crippen molar-refractivity contribution in [3.05, 3.63) is 77.2 Å². The Hall–Kier alpha value is -3.85. The monoisotopic (exact) mass is 450 g/mol. The van der Waals surface area contributed by atoms with Gasteiger partial charge in [-0.25, -0.2) is 9.78 Å². The van der Waals surface area contributed by atoms with E-state index in [1.165, 1.54) is 0 Å². The number of carbonyl (C=O) groups is 1. The summed E-state index contributed by atoms with van der Waals surface area (Å²) in [7, 11) is 1.59. The molecule has 9 nitrogen and oxygen atoms in total. The highest BCUT2D eigenvalue weighted by Crippen LogP contribution is 2.33. The molecule has 3 heterocycles. The largest absolute Gasteiger partial charge is 0.497 e. The van der Waals surface area contributed by atoms with Crippen LogP contribution in [0.4, 0.5) is 10.5 Å². The van der Waals surface area contributed by atoms with Crippen LogP contribution in [-0.2, 0) is 13.0 Å². The average molecular weight is 451 g/mol. The number of urea groups is 1. The molecular weight excluding hydrogens is 432 g/mol. The molecule has 2 N–H and O–H groups in total. The van der Waals surface area contributed by atoms with Crippen molar-refractivity contribution in [2.75, 3.05) is 12.4 Å². The maximum Gasteiger partial charge on any atom is 0.322 e. The number of carbonyl (C=O) groups excluding carboxylic acids is 1. The Morgan fingerprint density at radius 1 is 1.22 bits per heavy atom. The minimum atomic E-state index is -0.461. The number of aromatic nitrogens is 4. The van der Waals surface area contributed by atoms with E-state index in [4.69, 9.17) is 20.9 Å². The normalized spacial score (nSPS) is 15.3. The molecule has 0 radical (unpaired) electrons. The topological polar surface area (TPSA) is 109 Å². The van der Waals surface area contributed by atoms with Gasteiger partial charge in [-0.2, -0.15) is 4.98 Å². The fourth-order valence-corrected chi connectivity index (χ4v) is 3.75. The van der Waals surface area contributed by atoms with Crippen LogP contribution in [-0.4, -0.2) is 38.1 Å². The fraction of sp³-hybridized carbons (Fsp3) is 0.182. The van der Waals surface area contributed by atoms with Crippen LogP contribution < -0.4 is 10.1 Å². The van der Waals surface area contributed by atoms with Gasteiger partial charge in [-0.15, -0.1) is 0 Å². The van der Waals surface area contributed by atoms with Crippen molar-refractivity contribution >= 4 is 23.3 Å². The number of H-pyrrole nitrogens is 1. The van der Waals surface area contributed by atoms with Crippen molar-refractivity contribution in [1.29, 1.82) is 0 Å². The molecule has 5 rings (SSSR count). The lowest BCUT2D eigenvalue weighted by atomic mass is 10.0. The van der Waals surface area contributed by atoms with Gasteiger partial charge in [0, 0.05) is 22.7 Å². The second-order valence-electron chi connectivity index (χ2n) is 7.30. The number of methoxy groups -OCH3 is 1. The maximum atomic E-state index is 13.2. The Labute approximate surface area is 188 Å². The Bertz CT molecular complexity index is 1240. The molecule has 1 aliphatic heterocycles. The number of nitrogens with zero attached hydrogens (tertiary/aromatic N) is 4. The summed E-state index contributed by atoms with van der Waals surface area (Å²) in [6.45, 7) is 0.334. The molecule has 1 aliphatic rings. The van der Waals surface area contributed by atoms with Crippen LogP contribution in [0, 0.1) is 0 Å². The van der Waals surface area contributed by atoms with Gasteiger partial charge in [-0.1, -0.05) is 16.8 Å². The van der Waals surface area contributed by atoms with Crippen LogP contribution in [0.1, 0.15) is 23.3 Å². The van der Waals surface area contributed by atoms with Gasteiger partial charge < -0.3 is 24.5 Å². The summed E-state index contributed by atoms with van der Waals surface area (Å²) >= 11 is 5.97. The summed E-state index contributed by atoms with van der Waals surface area (Å²) in [6, 6.07) is 13.5. The number of hydrogen-bond donors (Lipinski definition) is 2. The summed E-state index contributed by atoms with van der Waals surface area (Å²) < 4.78 is 10.7. The minimum absolute atomic E-state index is 0.286. The van der Waals surface area contributed by atoms with E-state index in [9.17, 15) is 4.79 Å². The van der Waals surface area contributed by atoms with Crippen LogP contribution in [0.3, 0.4) is 0 Å². The molecule has 32 heavy (non-hydrogen) atoms. The molecule has 1 atom stereocenters. The van der Waals surface area contributed by atoms with Gasteiger partial charge in [0.1, 0.15) is 11.8 Å². The summed E-state index contributed by atoms with van der Waals surface area (Å²) in [4.78, 5) is 26.9. The Balaban J connectivity index is 1.42. The molecule has 0 aliphatic carbocycles. The first kappa shape index (κ1) is 20.1. The van der Waals surface area contributed by atoms with Crippen LogP contribution in [0.25, 0.3) is 11.4 Å². The molecule has 0 saturated heterocycles. The number of hydrogen-bond acceptors (Lipinski definition) is 6. The summed E-state index contributed by atoms with van der Waals surface area (Å²) in [6.07, 6.45) is 2.08. The second-order valence-corrected chi connectivity index (χ2v) is 7.73. The Morgan fingerprint density at radius 2 is 2.00 bits per heavy atom. The number of benzene rings is 2. The van der Waals surface area contributed by atoms with Gasteiger partial charge in [0.25, 0.3) is 0 Å². The summed E-state index contributed by atoms with van der Waals surface area (Å²) in [5, 5.41) is 7.65. The van der Waals surface area contributed by atoms with Gasteiger partial charge in [0.05, 0.1) is 31.4 Å². The number of ether oxygens (including phenoxy) is 1. The van der Waals surface area contributed by atoms with E-state index in [-0.39, 0.29) is 6.03 Å². The highest BCUT2D eigenvalue weighted by atomic mass is 35.5. The Kier molecular flexibility index (Phi) is 5.24. The predicted octanol–water partition coefficient (Wildman–Crippen LogP) is 4.45. The van der Waals surface area contributed by atoms with Gasteiger partial charge in [0.2, 0.25) is 11.7 Å². The lowest BCUT2D eigenvalue weighted by Crippen LogP contribution is -2.41. The van der Waals surface area contributed by atoms with E-state index in [1.54, 1.807) is 54.7 Å². The molecule has 2 aromatic carbocycles. The number of rotatable bonds is 4. The van der Waals surface area contributed by atoms with Crippen molar-refractivity contribution < 1.29 is 14.1 Å². The van der Waals surface area contributed by atoms with Gasteiger partial charge in [-0.05, 0) is 48.5 Å². The average Bonchev–Trinajstić information content (AvgIpc) is 3.48. The number of aromatic amines is 1. The van der Waals surface area contributed by atoms with E-state index in [1.807, 2.05) is 12.1 Å². The van der Waals surface area contributed by atoms with Gasteiger partial charge in [0.15, 0.2) is 0 Å². The molecule has 10 heteroatoms. The smallest absolute Gasteiger partial charge is 0.322 e. The van der Waals surface area contributed by atoms with Crippen LogP contribution in [0.15, 0.2) is 59.4 Å². The number of anilines is 1. The summed E-state index contributed by atoms with van der Waals surface area (Å²) in [5.74, 6) is 1.48. The van der Waals surface area contributed by atoms with E-state index >= 15 is 0 Å². The van der Waals surface area contributed by atoms with Gasteiger partial charge >= 0.3 is 6.03 Å². The molecule has 4 aromatic rings. The minimum Gasteiger partial charge on any atom is -0.497 e. The quantitative estimate of drug-likeness (QED) is 0.475. The molecular formula is C22H19ClN6O3. The third-order valence-electron chi connectivity index (χ3n) is 5.33. The SMILES string of the molecule is COc1ccc(NC(=O)N2Cc3[nH]cnc3CC2c2nc(-c3ccc(Cl)cc3)no2)cc1. The highest BCUT2D eigenvalue weighted by molar-refractivity contribution is 6.30. The number of fused-ring (bicyclic) bond motifs is 1. The lowest BCUT2D eigenvalue weighted by Gasteiger charge is -2.32. The van der Waals surface area contributed by atoms with E-state index in [0.717, 1.165) is 17.0 Å². The first-order chi connectivity index (χ1) is 15.6. The maximum absolute atomic E-state index is 13.2. The third-order valence-corrected chi connectivity index (χ3v) is 5.58. The molecule has 2 aromatic heterocycles. The van der Waals surface area contributed by atoms with Crippen molar-refractivity contribution in [2.24, 2.45) is 0 Å². The van der Waals surface area contributed by atoms with Crippen molar-refractivity contribution in [1.82, 2.24) is 25.0 Å². The molecule has 0 saturated carbocycles. The molecule has 1 unspecified atom stereocenters. The van der Waals surface area contributed by atoms with Crippen molar-refractivity contribution in [3.8, 4) is 17.1 Å². The Morgan fingerprint density at radius 3 is 2.75 bits per heavy atom. The van der Waals surface area contributed by atoms with E-state index < -0.39 is 6.04 Å². The van der Waals surface area contributed by atoms with Crippen LogP contribution in [0.2, 0.25) is 5.02 Å². The zero-order valence-corrected chi connectivity index (χ0v) is 17.8. The fourth-order valence-electron chi connectivity index (χ4n) is 3.63. The molecule has 0 bridgehead atoms. The first-order valence-corrected chi connectivity index (χ1v) is 10.3. The van der Waals surface area contributed by atoms with E-state index in [2.05, 4.69) is 25.4 Å². The van der Waals surface area contributed by atoms with Crippen molar-refractivity contribution in [2.45, 2.75) is 19.0 Å². The molecule has 162 valence electrons. The third kappa shape index (κ3) is 3.90. The van der Waals surface area contributed by atoms with E-state index in [0.29, 0.717) is 41.1 Å². The molecule has 0 spiro atoms. The lowest BCUT2D eigenvalue weighted by molar-refractivity contribution is 0.155. The molecule has 0 fully saturated rings. The predicted molar refractivity (Wildman–Crippen MR) is 117 cm³/mol. The zero-order chi connectivity index (χ0) is 22.1. The standard InChI is InChI=1S/C22H19ClN6O3/c1-31-16-8-6-15(7-9-16)26-22(30)29-11-18-17(24-12-25-18)10-19(29)21-27-20(28-32-21)13-2-4-14(23)5-3-13/h2-9,12,19H,10-11H2,1H3,(H,24,25)(H,26,30). The molecule has 2 amide bonds. The number of amides is 2. The summed E-state index contributed by atoms with van der Waals surface area (Å²) in [5.41, 5.74) is 3.17. The first-order valence-electron chi connectivity index (χ1n) is 9.93. The number of nitrogens with one attached hydrogen (secondary N) is 2. The highest BCUT2D eigenvalue weighted by Gasteiger charge is 2.36. The van der Waals surface area contributed by atoms with Crippen molar-refractivity contribution in [3.63, 3.8) is 0 Å². The van der Waals surface area contributed by atoms with Crippen LogP contribution >= 0.6 is 11.6 Å². The number of imidazole rings is 1. The second kappa shape index (κ2) is 8.35.